The van der Waals surface area contributed by atoms with Gasteiger partial charge in [0.1, 0.15) is 12.4 Å². The van der Waals surface area contributed by atoms with E-state index in [1.165, 1.54) is 18.7 Å². The summed E-state index contributed by atoms with van der Waals surface area (Å²) in [5.74, 6) is 0.931. The highest BCUT2D eigenvalue weighted by Gasteiger charge is 2.38. The van der Waals surface area contributed by atoms with Crippen LogP contribution in [-0.4, -0.2) is 70.2 Å². The minimum Gasteiger partial charge on any atom is -0.493 e. The van der Waals surface area contributed by atoms with Gasteiger partial charge in [-0.3, -0.25) is 24.3 Å². The molecule has 0 radical (unpaired) electrons. The topological polar surface area (TPSA) is 119 Å². The van der Waals surface area contributed by atoms with Crippen molar-refractivity contribution in [1.29, 1.82) is 0 Å². The van der Waals surface area contributed by atoms with E-state index >= 15 is 0 Å². The number of anilines is 2. The van der Waals surface area contributed by atoms with Crippen LogP contribution in [0, 0.1) is 6.92 Å². The number of hydrogen-bond acceptors (Lipinski definition) is 8. The van der Waals surface area contributed by atoms with Gasteiger partial charge in [-0.05, 0) is 84.3 Å². The third-order valence-corrected chi connectivity index (χ3v) is 10.4. The van der Waals surface area contributed by atoms with Gasteiger partial charge in [0, 0.05) is 54.8 Å². The van der Waals surface area contributed by atoms with Crippen LogP contribution in [0.1, 0.15) is 49.4 Å². The number of amides is 3. The number of para-hydroxylation sites is 2. The molecule has 0 aromatic heterocycles. The summed E-state index contributed by atoms with van der Waals surface area (Å²) in [5, 5.41) is 2.60. The minimum atomic E-state index is -0.313. The maximum atomic E-state index is 13.8. The van der Waals surface area contributed by atoms with Gasteiger partial charge >= 0.3 is 0 Å². The fourth-order valence-electron chi connectivity index (χ4n) is 7.73. The van der Waals surface area contributed by atoms with Crippen molar-refractivity contribution in [2.75, 3.05) is 44.0 Å². The first kappa shape index (κ1) is 34.2. The number of rotatable bonds is 10. The monoisotopic (exact) mass is 712 g/mol. The molecule has 1 N–H and O–H groups in total. The molecule has 270 valence electrons. The number of methoxy groups -OCH3 is 1. The minimum absolute atomic E-state index is 0.00311. The Morgan fingerprint density at radius 2 is 1.58 bits per heavy atom. The van der Waals surface area contributed by atoms with Gasteiger partial charge in [0.15, 0.2) is 18.3 Å². The van der Waals surface area contributed by atoms with E-state index in [1.54, 1.807) is 30.3 Å². The standard InChI is InChI=1S/C42H40N4O7/c1-25-14-32-27(12-13-30-16-28-8-4-6-10-35(28)45(30)41(32)48)18-37(25)53-24-51-22-26(15-40(47)43-2)23-52-39-20-34-33(19-38(39)50-3)42(49)46-31(21-44-34)17-29-9-5-7-11-36(29)46/h4-11,14-15,18-21,30-31H,12-13,16-17,22-24H2,1-3H3,(H,43,47)/b26-15+/t30-,31+/m1/s1. The third kappa shape index (κ3) is 6.42. The summed E-state index contributed by atoms with van der Waals surface area (Å²) >= 11 is 0. The molecule has 4 aromatic rings. The number of aryl methyl sites for hydroxylation is 2. The average molecular weight is 713 g/mol. The molecule has 3 amide bonds. The zero-order chi connectivity index (χ0) is 36.6. The molecule has 0 unspecified atom stereocenters. The molecule has 11 nitrogen and oxygen atoms in total. The molecule has 0 spiro atoms. The Morgan fingerprint density at radius 3 is 2.36 bits per heavy atom. The molecular formula is C42H40N4O7. The van der Waals surface area contributed by atoms with Gasteiger partial charge in [0.25, 0.3) is 11.8 Å². The first-order chi connectivity index (χ1) is 25.8. The van der Waals surface area contributed by atoms with Crippen LogP contribution in [0.5, 0.6) is 17.2 Å². The molecule has 0 aliphatic carbocycles. The van der Waals surface area contributed by atoms with Crippen LogP contribution in [0.25, 0.3) is 0 Å². The summed E-state index contributed by atoms with van der Waals surface area (Å²) in [6, 6.07) is 23.2. The fourth-order valence-corrected chi connectivity index (χ4v) is 7.73. The smallest absolute Gasteiger partial charge is 0.261 e. The Hall–Kier alpha value is -5.94. The Balaban J connectivity index is 0.932. The summed E-state index contributed by atoms with van der Waals surface area (Å²) in [7, 11) is 3.06. The largest absolute Gasteiger partial charge is 0.493 e. The number of nitrogens with zero attached hydrogens (tertiary/aromatic N) is 3. The SMILES string of the molecule is CNC(=O)/C=C(\COCOc1cc2c(cc1C)C(=O)N1c3ccccc3C[C@H]1CC2)COc1cc2c(cc1OC)C(=O)N1c3ccccc3C[C@H]1C=N2. The van der Waals surface area contributed by atoms with Crippen molar-refractivity contribution >= 4 is 41.0 Å². The molecule has 8 rings (SSSR count). The highest BCUT2D eigenvalue weighted by Crippen LogP contribution is 2.42. The molecule has 0 saturated carbocycles. The highest BCUT2D eigenvalue weighted by atomic mass is 16.7. The number of carbonyl (C=O) groups excluding carboxylic acids is 3. The van der Waals surface area contributed by atoms with Gasteiger partial charge in [0.05, 0.1) is 31.0 Å². The summed E-state index contributed by atoms with van der Waals surface area (Å²) < 4.78 is 23.8. The maximum absolute atomic E-state index is 13.8. The number of benzene rings is 4. The van der Waals surface area contributed by atoms with E-state index in [0.717, 1.165) is 47.3 Å². The van der Waals surface area contributed by atoms with Gasteiger partial charge in [-0.25, -0.2) is 0 Å². The van der Waals surface area contributed by atoms with Crippen molar-refractivity contribution in [2.45, 2.75) is 44.7 Å². The lowest BCUT2D eigenvalue weighted by Crippen LogP contribution is -2.37. The average Bonchev–Trinajstić information content (AvgIpc) is 3.67. The maximum Gasteiger partial charge on any atom is 0.261 e. The van der Waals surface area contributed by atoms with E-state index in [1.807, 2.05) is 66.4 Å². The predicted molar refractivity (Wildman–Crippen MR) is 201 cm³/mol. The molecule has 11 heteroatoms. The normalized spacial score (nSPS) is 18.2. The van der Waals surface area contributed by atoms with Crippen LogP contribution in [0.15, 0.2) is 89.4 Å². The van der Waals surface area contributed by atoms with Crippen molar-refractivity contribution in [1.82, 2.24) is 5.32 Å². The van der Waals surface area contributed by atoms with Crippen LogP contribution in [0.3, 0.4) is 0 Å². The van der Waals surface area contributed by atoms with E-state index in [0.29, 0.717) is 46.1 Å². The second-order valence-corrected chi connectivity index (χ2v) is 13.7. The Labute approximate surface area is 307 Å². The first-order valence-electron chi connectivity index (χ1n) is 17.8. The lowest BCUT2D eigenvalue weighted by atomic mass is 9.98. The zero-order valence-electron chi connectivity index (χ0n) is 29.9. The van der Waals surface area contributed by atoms with E-state index in [9.17, 15) is 14.4 Å². The second kappa shape index (κ2) is 14.2. The zero-order valence-corrected chi connectivity index (χ0v) is 29.9. The summed E-state index contributed by atoms with van der Waals surface area (Å²) in [6.07, 6.45) is 6.41. The Kier molecular flexibility index (Phi) is 9.17. The third-order valence-electron chi connectivity index (χ3n) is 10.4. The number of hydrogen-bond donors (Lipinski definition) is 1. The van der Waals surface area contributed by atoms with Gasteiger partial charge in [-0.2, -0.15) is 0 Å². The van der Waals surface area contributed by atoms with Crippen LogP contribution < -0.4 is 29.3 Å². The summed E-state index contributed by atoms with van der Waals surface area (Å²) in [6.45, 7) is 1.89. The fraction of sp³-hybridized carbons (Fsp3) is 0.286. The molecule has 4 aliphatic rings. The number of ether oxygens (including phenoxy) is 4. The van der Waals surface area contributed by atoms with Gasteiger partial charge in [-0.1, -0.05) is 36.4 Å². The van der Waals surface area contributed by atoms with Crippen molar-refractivity contribution < 1.29 is 33.3 Å². The van der Waals surface area contributed by atoms with Gasteiger partial charge in [0.2, 0.25) is 5.91 Å². The number of nitrogens with one attached hydrogen (secondary N) is 1. The molecule has 0 saturated heterocycles. The number of fused-ring (bicyclic) bond motifs is 8. The molecule has 4 aliphatic heterocycles. The lowest BCUT2D eigenvalue weighted by molar-refractivity contribution is -0.116. The van der Waals surface area contributed by atoms with Crippen LogP contribution in [0.4, 0.5) is 17.1 Å². The molecule has 2 atom stereocenters. The molecule has 0 bridgehead atoms. The van der Waals surface area contributed by atoms with E-state index in [-0.39, 0.29) is 49.8 Å². The summed E-state index contributed by atoms with van der Waals surface area (Å²) in [5.41, 5.74) is 8.13. The Bertz CT molecular complexity index is 2190. The molecule has 0 fully saturated rings. The van der Waals surface area contributed by atoms with Crippen molar-refractivity contribution in [2.24, 2.45) is 4.99 Å². The predicted octanol–water partition coefficient (Wildman–Crippen LogP) is 5.91. The molecular weight excluding hydrogens is 672 g/mol. The Morgan fingerprint density at radius 1 is 0.849 bits per heavy atom. The van der Waals surface area contributed by atoms with Crippen molar-refractivity contribution in [3.8, 4) is 17.2 Å². The summed E-state index contributed by atoms with van der Waals surface area (Å²) in [4.78, 5) is 48.4. The van der Waals surface area contributed by atoms with E-state index < -0.39 is 0 Å². The van der Waals surface area contributed by atoms with E-state index in [2.05, 4.69) is 16.4 Å². The number of carbonyl (C=O) groups is 3. The van der Waals surface area contributed by atoms with Crippen LogP contribution >= 0.6 is 0 Å². The number of likely N-dealkylation sites (N-methyl/N-ethyl adjacent to an activating group) is 1. The lowest BCUT2D eigenvalue weighted by Gasteiger charge is -2.23. The van der Waals surface area contributed by atoms with E-state index in [4.69, 9.17) is 18.9 Å². The van der Waals surface area contributed by atoms with Gasteiger partial charge in [-0.15, -0.1) is 0 Å². The molecule has 53 heavy (non-hydrogen) atoms. The van der Waals surface area contributed by atoms with Gasteiger partial charge < -0.3 is 29.2 Å². The number of aliphatic imine (C=N–C) groups is 1. The van der Waals surface area contributed by atoms with Crippen LogP contribution in [0.2, 0.25) is 0 Å². The second-order valence-electron chi connectivity index (χ2n) is 13.7. The highest BCUT2D eigenvalue weighted by molar-refractivity contribution is 6.15. The van der Waals surface area contributed by atoms with Crippen molar-refractivity contribution in [3.63, 3.8) is 0 Å². The molecule has 4 heterocycles. The quantitative estimate of drug-likeness (QED) is 0.123. The van der Waals surface area contributed by atoms with Crippen molar-refractivity contribution in [3.05, 3.63) is 118 Å². The first-order valence-corrected chi connectivity index (χ1v) is 17.8. The molecule has 4 aromatic carbocycles. The van der Waals surface area contributed by atoms with Crippen LogP contribution in [-0.2, 0) is 28.8 Å².